The number of carbonyl (C=O) groups is 1. The zero-order valence-electron chi connectivity index (χ0n) is 12.5. The lowest BCUT2D eigenvalue weighted by Gasteiger charge is -2.27. The summed E-state index contributed by atoms with van der Waals surface area (Å²) in [6.07, 6.45) is 1.46. The summed E-state index contributed by atoms with van der Waals surface area (Å²) in [7, 11) is 3.81. The van der Waals surface area contributed by atoms with Crippen molar-refractivity contribution in [1.82, 2.24) is 9.88 Å². The number of nitrogens with one attached hydrogen (secondary N) is 1. The van der Waals surface area contributed by atoms with Crippen LogP contribution >= 0.6 is 0 Å². The average Bonchev–Trinajstić information content (AvgIpc) is 2.36. The van der Waals surface area contributed by atoms with Crippen LogP contribution in [-0.2, 0) is 4.74 Å². The maximum absolute atomic E-state index is 11.5. The quantitative estimate of drug-likeness (QED) is 0.726. The minimum Gasteiger partial charge on any atom is -0.462 e. The Morgan fingerprint density at radius 2 is 2.20 bits per heavy atom. The van der Waals surface area contributed by atoms with Gasteiger partial charge in [0.15, 0.2) is 0 Å². The summed E-state index contributed by atoms with van der Waals surface area (Å²) in [5.41, 5.74) is -0.442. The highest BCUT2D eigenvalue weighted by Crippen LogP contribution is 2.10. The van der Waals surface area contributed by atoms with Gasteiger partial charge in [-0.25, -0.2) is 9.78 Å². The largest absolute Gasteiger partial charge is 0.462 e. The van der Waals surface area contributed by atoms with Gasteiger partial charge >= 0.3 is 5.97 Å². The fourth-order valence-electron chi connectivity index (χ4n) is 1.85. The molecule has 0 saturated carbocycles. The second-order valence-electron chi connectivity index (χ2n) is 5.24. The molecule has 2 N–H and O–H groups in total. The molecule has 20 heavy (non-hydrogen) atoms. The molecule has 0 bridgehead atoms. The number of carbonyl (C=O) groups excluding carboxylic acids is 1. The monoisotopic (exact) mass is 281 g/mol. The molecule has 0 aliphatic carbocycles. The molecule has 112 valence electrons. The summed E-state index contributed by atoms with van der Waals surface area (Å²) in [6, 6.07) is 3.34. The Morgan fingerprint density at radius 3 is 2.70 bits per heavy atom. The van der Waals surface area contributed by atoms with Crippen LogP contribution in [0.15, 0.2) is 18.3 Å². The number of hydrogen-bond acceptors (Lipinski definition) is 6. The van der Waals surface area contributed by atoms with Crippen molar-refractivity contribution in [2.45, 2.75) is 19.4 Å². The van der Waals surface area contributed by atoms with Crippen molar-refractivity contribution in [3.05, 3.63) is 23.9 Å². The van der Waals surface area contributed by atoms with Gasteiger partial charge in [0.05, 0.1) is 17.8 Å². The van der Waals surface area contributed by atoms with Crippen LogP contribution in [-0.4, -0.2) is 60.4 Å². The zero-order valence-corrected chi connectivity index (χ0v) is 12.5. The highest BCUT2D eigenvalue weighted by Gasteiger charge is 2.21. The average molecular weight is 281 g/mol. The molecule has 0 aliphatic heterocycles. The summed E-state index contributed by atoms with van der Waals surface area (Å²) in [5, 5.41) is 13.2. The van der Waals surface area contributed by atoms with E-state index in [4.69, 9.17) is 4.74 Å². The van der Waals surface area contributed by atoms with Gasteiger partial charge < -0.3 is 20.1 Å². The standard InChI is InChI=1S/C14H23N3O3/c1-5-20-13(18)11-6-7-12(15-8-11)16-9-14(2,19)10-17(3)4/h6-8,19H,5,9-10H2,1-4H3,(H,15,16). The summed E-state index contributed by atoms with van der Waals surface area (Å²) >= 11 is 0. The first-order chi connectivity index (χ1) is 9.34. The van der Waals surface area contributed by atoms with Crippen molar-refractivity contribution in [2.75, 3.05) is 39.1 Å². The molecule has 1 unspecified atom stereocenters. The van der Waals surface area contributed by atoms with E-state index in [0.717, 1.165) is 0 Å². The summed E-state index contributed by atoms with van der Waals surface area (Å²) in [5.74, 6) is 0.225. The third-order valence-corrected chi connectivity index (χ3v) is 2.58. The number of nitrogens with zero attached hydrogens (tertiary/aromatic N) is 2. The van der Waals surface area contributed by atoms with Gasteiger partial charge in [0.2, 0.25) is 0 Å². The van der Waals surface area contributed by atoms with E-state index in [1.165, 1.54) is 6.20 Å². The topological polar surface area (TPSA) is 74.7 Å². The number of ether oxygens (including phenoxy) is 1. The first-order valence-corrected chi connectivity index (χ1v) is 6.58. The minimum absolute atomic E-state index is 0.340. The highest BCUT2D eigenvalue weighted by molar-refractivity contribution is 5.89. The zero-order chi connectivity index (χ0) is 15.2. The molecule has 0 spiro atoms. The molecule has 0 aromatic carbocycles. The predicted molar refractivity (Wildman–Crippen MR) is 77.9 cm³/mol. The highest BCUT2D eigenvalue weighted by atomic mass is 16.5. The number of aliphatic hydroxyl groups is 1. The van der Waals surface area contributed by atoms with E-state index in [1.54, 1.807) is 26.0 Å². The lowest BCUT2D eigenvalue weighted by atomic mass is 10.1. The van der Waals surface area contributed by atoms with E-state index in [1.807, 2.05) is 19.0 Å². The number of esters is 1. The number of aromatic nitrogens is 1. The van der Waals surface area contributed by atoms with E-state index in [2.05, 4.69) is 10.3 Å². The Labute approximate surface area is 119 Å². The fourth-order valence-corrected chi connectivity index (χ4v) is 1.85. The van der Waals surface area contributed by atoms with Crippen molar-refractivity contribution in [2.24, 2.45) is 0 Å². The van der Waals surface area contributed by atoms with Gasteiger partial charge in [-0.3, -0.25) is 0 Å². The maximum Gasteiger partial charge on any atom is 0.339 e. The SMILES string of the molecule is CCOC(=O)c1ccc(NCC(C)(O)CN(C)C)nc1. The van der Waals surface area contributed by atoms with Gasteiger partial charge in [-0.05, 0) is 40.1 Å². The first kappa shape index (κ1) is 16.4. The number of hydrogen-bond donors (Lipinski definition) is 2. The maximum atomic E-state index is 11.5. The van der Waals surface area contributed by atoms with Crippen molar-refractivity contribution in [3.8, 4) is 0 Å². The predicted octanol–water partition coefficient (Wildman–Crippen LogP) is 0.983. The van der Waals surface area contributed by atoms with Gasteiger partial charge in [-0.15, -0.1) is 0 Å². The van der Waals surface area contributed by atoms with Gasteiger partial charge in [0.1, 0.15) is 5.82 Å². The summed E-state index contributed by atoms with van der Waals surface area (Å²) < 4.78 is 4.88. The molecular weight excluding hydrogens is 258 g/mol. The minimum atomic E-state index is -0.856. The Bertz CT molecular complexity index is 430. The first-order valence-electron chi connectivity index (χ1n) is 6.58. The molecule has 1 aromatic heterocycles. The van der Waals surface area contributed by atoms with E-state index in [0.29, 0.717) is 31.1 Å². The molecule has 0 radical (unpaired) electrons. The van der Waals surface area contributed by atoms with Crippen LogP contribution < -0.4 is 5.32 Å². The Kier molecular flexibility index (Phi) is 5.91. The Hall–Kier alpha value is -1.66. The van der Waals surface area contributed by atoms with Crippen LogP contribution in [0.4, 0.5) is 5.82 Å². The van der Waals surface area contributed by atoms with E-state index < -0.39 is 5.60 Å². The fraction of sp³-hybridized carbons (Fsp3) is 0.571. The number of anilines is 1. The second-order valence-corrected chi connectivity index (χ2v) is 5.24. The molecular formula is C14H23N3O3. The molecule has 1 heterocycles. The number of rotatable bonds is 7. The van der Waals surface area contributed by atoms with E-state index in [-0.39, 0.29) is 5.97 Å². The van der Waals surface area contributed by atoms with Gasteiger partial charge in [-0.1, -0.05) is 0 Å². The smallest absolute Gasteiger partial charge is 0.339 e. The second kappa shape index (κ2) is 7.21. The van der Waals surface area contributed by atoms with Crippen LogP contribution in [0.2, 0.25) is 0 Å². The van der Waals surface area contributed by atoms with Crippen molar-refractivity contribution < 1.29 is 14.6 Å². The molecule has 0 amide bonds. The summed E-state index contributed by atoms with van der Waals surface area (Å²) in [6.45, 7) is 4.77. The molecule has 0 fully saturated rings. The normalized spacial score (nSPS) is 13.9. The lowest BCUT2D eigenvalue weighted by Crippen LogP contribution is -2.43. The third kappa shape index (κ3) is 5.54. The van der Waals surface area contributed by atoms with Crippen LogP contribution in [0, 0.1) is 0 Å². The molecule has 0 aliphatic rings. The van der Waals surface area contributed by atoms with Crippen LogP contribution in [0.25, 0.3) is 0 Å². The van der Waals surface area contributed by atoms with Crippen LogP contribution in [0.1, 0.15) is 24.2 Å². The number of likely N-dealkylation sites (N-methyl/N-ethyl adjacent to an activating group) is 1. The lowest BCUT2D eigenvalue weighted by molar-refractivity contribution is 0.0458. The van der Waals surface area contributed by atoms with Crippen LogP contribution in [0.5, 0.6) is 0 Å². The van der Waals surface area contributed by atoms with Crippen molar-refractivity contribution >= 4 is 11.8 Å². The van der Waals surface area contributed by atoms with Gasteiger partial charge in [0, 0.05) is 19.3 Å². The van der Waals surface area contributed by atoms with Gasteiger partial charge in [-0.2, -0.15) is 0 Å². The third-order valence-electron chi connectivity index (χ3n) is 2.58. The van der Waals surface area contributed by atoms with Gasteiger partial charge in [0.25, 0.3) is 0 Å². The Balaban J connectivity index is 2.55. The van der Waals surface area contributed by atoms with Crippen molar-refractivity contribution in [1.29, 1.82) is 0 Å². The Morgan fingerprint density at radius 1 is 1.50 bits per heavy atom. The van der Waals surface area contributed by atoms with E-state index in [9.17, 15) is 9.90 Å². The molecule has 0 saturated heterocycles. The molecule has 6 heteroatoms. The number of pyridine rings is 1. The molecule has 1 rings (SSSR count). The molecule has 6 nitrogen and oxygen atoms in total. The summed E-state index contributed by atoms with van der Waals surface area (Å²) in [4.78, 5) is 17.5. The van der Waals surface area contributed by atoms with Crippen molar-refractivity contribution in [3.63, 3.8) is 0 Å². The van der Waals surface area contributed by atoms with Crippen LogP contribution in [0.3, 0.4) is 0 Å². The van der Waals surface area contributed by atoms with E-state index >= 15 is 0 Å². The molecule has 1 aromatic rings. The molecule has 1 atom stereocenters.